The van der Waals surface area contributed by atoms with Gasteiger partial charge in [-0.2, -0.15) is 0 Å². The second kappa shape index (κ2) is 4.93. The molecule has 1 N–H and O–H groups in total. The summed E-state index contributed by atoms with van der Waals surface area (Å²) < 4.78 is 24.2. The first kappa shape index (κ1) is 13.2. The van der Waals surface area contributed by atoms with Crippen LogP contribution in [0.2, 0.25) is 5.02 Å². The van der Waals surface area contributed by atoms with E-state index in [2.05, 4.69) is 5.32 Å². The summed E-state index contributed by atoms with van der Waals surface area (Å²) in [6.45, 7) is 0.594. The lowest BCUT2D eigenvalue weighted by atomic mass is 10.1. The van der Waals surface area contributed by atoms with Crippen LogP contribution < -0.4 is 5.32 Å². The Balaban J connectivity index is 1.86. The Morgan fingerprint density at radius 1 is 1.26 bits per heavy atom. The van der Waals surface area contributed by atoms with Gasteiger partial charge in [0.1, 0.15) is 0 Å². The molecule has 1 aliphatic carbocycles. The lowest BCUT2D eigenvalue weighted by molar-refractivity contribution is 0.560. The third-order valence-electron chi connectivity index (χ3n) is 3.83. The third-order valence-corrected chi connectivity index (χ3v) is 5.86. The van der Waals surface area contributed by atoms with Gasteiger partial charge >= 0.3 is 0 Å². The van der Waals surface area contributed by atoms with Gasteiger partial charge in [0.25, 0.3) is 0 Å². The Labute approximate surface area is 118 Å². The molecule has 0 radical (unpaired) electrons. The molecule has 1 heterocycles. The number of hydrogen-bond acceptors (Lipinski definition) is 3. The fourth-order valence-corrected chi connectivity index (χ4v) is 4.93. The van der Waals surface area contributed by atoms with E-state index in [1.807, 2.05) is 6.07 Å². The van der Waals surface area contributed by atoms with Gasteiger partial charge in [0.05, 0.1) is 9.92 Å². The highest BCUT2D eigenvalue weighted by atomic mass is 35.5. The van der Waals surface area contributed by atoms with Crippen LogP contribution in [0, 0.1) is 0 Å². The van der Waals surface area contributed by atoms with Crippen molar-refractivity contribution in [1.82, 2.24) is 5.32 Å². The molecule has 0 unspecified atom stereocenters. The molecule has 0 amide bonds. The van der Waals surface area contributed by atoms with Crippen LogP contribution in [-0.2, 0) is 9.84 Å². The molecule has 3 nitrogen and oxygen atoms in total. The minimum Gasteiger partial charge on any atom is -0.310 e. The largest absolute Gasteiger partial charge is 0.310 e. The Morgan fingerprint density at radius 3 is 2.74 bits per heavy atom. The van der Waals surface area contributed by atoms with Gasteiger partial charge in [-0.1, -0.05) is 36.6 Å². The van der Waals surface area contributed by atoms with E-state index in [9.17, 15) is 8.42 Å². The molecule has 1 aliphatic heterocycles. The molecular weight excluding hydrogens is 282 g/mol. The highest BCUT2D eigenvalue weighted by molar-refractivity contribution is 7.95. The first-order valence-electron chi connectivity index (χ1n) is 6.56. The monoisotopic (exact) mass is 297 g/mol. The summed E-state index contributed by atoms with van der Waals surface area (Å²) in [5.41, 5.74) is 1.57. The Hall–Kier alpha value is -0.840. The number of sulfone groups is 1. The van der Waals surface area contributed by atoms with Crippen molar-refractivity contribution in [3.05, 3.63) is 34.2 Å². The molecule has 0 spiro atoms. The molecule has 1 aromatic carbocycles. The molecule has 1 fully saturated rings. The van der Waals surface area contributed by atoms with Gasteiger partial charge in [0.2, 0.25) is 9.84 Å². The predicted octanol–water partition coefficient (Wildman–Crippen LogP) is 3.00. The Kier molecular flexibility index (Phi) is 3.41. The van der Waals surface area contributed by atoms with Gasteiger partial charge in [-0.25, -0.2) is 8.42 Å². The van der Waals surface area contributed by atoms with E-state index in [0.29, 0.717) is 17.6 Å². The first-order chi connectivity index (χ1) is 9.08. The number of benzene rings is 1. The van der Waals surface area contributed by atoms with E-state index in [1.165, 1.54) is 31.1 Å². The minimum atomic E-state index is -3.37. The summed E-state index contributed by atoms with van der Waals surface area (Å²) in [7, 11) is -3.37. The maximum atomic E-state index is 12.1. The average molecular weight is 298 g/mol. The van der Waals surface area contributed by atoms with Crippen molar-refractivity contribution in [3.8, 4) is 0 Å². The molecule has 0 atom stereocenters. The zero-order valence-corrected chi connectivity index (χ0v) is 12.1. The molecule has 0 saturated heterocycles. The molecule has 5 heteroatoms. The van der Waals surface area contributed by atoms with Crippen molar-refractivity contribution in [2.24, 2.45) is 0 Å². The van der Waals surface area contributed by atoms with E-state index in [1.54, 1.807) is 12.1 Å². The summed E-state index contributed by atoms with van der Waals surface area (Å²) in [6, 6.07) is 5.77. The van der Waals surface area contributed by atoms with Gasteiger partial charge in [0, 0.05) is 23.6 Å². The van der Waals surface area contributed by atoms with Gasteiger partial charge in [-0.15, -0.1) is 0 Å². The molecule has 1 aromatic rings. The molecule has 1 saturated carbocycles. The summed E-state index contributed by atoms with van der Waals surface area (Å²) in [4.78, 5) is 0.264. The molecule has 3 rings (SSSR count). The highest BCUT2D eigenvalue weighted by Gasteiger charge is 2.29. The Morgan fingerprint density at radius 2 is 2.00 bits per heavy atom. The number of rotatable bonds is 3. The quantitative estimate of drug-likeness (QED) is 0.933. The van der Waals surface area contributed by atoms with E-state index in [0.717, 1.165) is 11.1 Å². The van der Waals surface area contributed by atoms with E-state index >= 15 is 0 Å². The lowest BCUT2D eigenvalue weighted by Gasteiger charge is -2.12. The van der Waals surface area contributed by atoms with Gasteiger partial charge in [-0.3, -0.25) is 0 Å². The van der Waals surface area contributed by atoms with Gasteiger partial charge < -0.3 is 5.32 Å². The van der Waals surface area contributed by atoms with Crippen LogP contribution in [0.5, 0.6) is 0 Å². The van der Waals surface area contributed by atoms with Crippen molar-refractivity contribution in [1.29, 1.82) is 0 Å². The van der Waals surface area contributed by atoms with E-state index < -0.39 is 9.84 Å². The molecule has 2 aliphatic rings. The zero-order valence-electron chi connectivity index (χ0n) is 10.5. The van der Waals surface area contributed by atoms with Crippen molar-refractivity contribution in [2.75, 3.05) is 6.54 Å². The number of hydrogen-bond donors (Lipinski definition) is 1. The van der Waals surface area contributed by atoms with Gasteiger partial charge in [0.15, 0.2) is 0 Å². The summed E-state index contributed by atoms with van der Waals surface area (Å²) in [5, 5.41) is 5.11. The predicted molar refractivity (Wildman–Crippen MR) is 76.9 cm³/mol. The summed E-state index contributed by atoms with van der Waals surface area (Å²) in [6.07, 6.45) is 4.89. The zero-order chi connectivity index (χ0) is 13.5. The maximum Gasteiger partial charge on any atom is 0.202 e. The molecule has 19 heavy (non-hydrogen) atoms. The molecule has 102 valence electrons. The normalized spacial score (nSPS) is 21.4. The topological polar surface area (TPSA) is 46.2 Å². The summed E-state index contributed by atoms with van der Waals surface area (Å²) >= 11 is 6.01. The number of fused-ring (bicyclic) bond motifs is 1. The fourth-order valence-electron chi connectivity index (χ4n) is 2.88. The number of nitrogens with one attached hydrogen (secondary N) is 1. The van der Waals surface area contributed by atoms with E-state index in [-0.39, 0.29) is 4.90 Å². The van der Waals surface area contributed by atoms with Crippen LogP contribution >= 0.6 is 11.6 Å². The van der Waals surface area contributed by atoms with Crippen LogP contribution in [0.4, 0.5) is 0 Å². The highest BCUT2D eigenvalue weighted by Crippen LogP contribution is 2.37. The van der Waals surface area contributed by atoms with Crippen LogP contribution in [-0.4, -0.2) is 21.0 Å². The van der Waals surface area contributed by atoms with E-state index in [4.69, 9.17) is 11.6 Å². The van der Waals surface area contributed by atoms with Crippen molar-refractivity contribution >= 4 is 27.0 Å². The second-order valence-corrected chi connectivity index (χ2v) is 7.31. The molecule has 0 aromatic heterocycles. The maximum absolute atomic E-state index is 12.1. The third kappa shape index (κ3) is 2.45. The SMILES string of the molecule is O=S1(=O)C=C(CNC2CCCC2)c2cccc(Cl)c21. The average Bonchev–Trinajstić information content (AvgIpc) is 2.94. The molecular formula is C14H16ClNO2S. The smallest absolute Gasteiger partial charge is 0.202 e. The standard InChI is InChI=1S/C14H16ClNO2S/c15-13-7-3-6-12-10(9-19(17,18)14(12)13)8-16-11-4-1-2-5-11/h3,6-7,9,11,16H,1-2,4-5,8H2. The Bertz CT molecular complexity index is 631. The van der Waals surface area contributed by atoms with Crippen LogP contribution in [0.25, 0.3) is 5.57 Å². The second-order valence-electron chi connectivity index (χ2n) is 5.17. The molecule has 0 bridgehead atoms. The summed E-state index contributed by atoms with van der Waals surface area (Å²) in [5.74, 6) is 0. The number of halogens is 1. The van der Waals surface area contributed by atoms with Gasteiger partial charge in [-0.05, 0) is 24.5 Å². The van der Waals surface area contributed by atoms with Crippen LogP contribution in [0.15, 0.2) is 28.5 Å². The lowest BCUT2D eigenvalue weighted by Crippen LogP contribution is -2.27. The van der Waals surface area contributed by atoms with Crippen molar-refractivity contribution in [3.63, 3.8) is 0 Å². The van der Waals surface area contributed by atoms with Crippen LogP contribution in [0.1, 0.15) is 31.2 Å². The van der Waals surface area contributed by atoms with Crippen molar-refractivity contribution in [2.45, 2.75) is 36.6 Å². The van der Waals surface area contributed by atoms with Crippen molar-refractivity contribution < 1.29 is 8.42 Å². The minimum absolute atomic E-state index is 0.264. The fraction of sp³-hybridized carbons (Fsp3) is 0.429. The van der Waals surface area contributed by atoms with Crippen LogP contribution in [0.3, 0.4) is 0 Å². The first-order valence-corrected chi connectivity index (χ1v) is 8.48.